The van der Waals surface area contributed by atoms with Gasteiger partial charge in [0.15, 0.2) is 0 Å². The largest absolute Gasteiger partial charge is 0.481 e. The van der Waals surface area contributed by atoms with Gasteiger partial charge in [0.05, 0.1) is 11.0 Å². The van der Waals surface area contributed by atoms with Gasteiger partial charge in [-0.1, -0.05) is 31.5 Å². The number of aliphatic carboxylic acids is 1. The standard InChI is InChI=1S/C14H17F3O2/c1-3-7-13(2,12(18)19)9-10-5-4-6-11(8-10)14(15,16)17/h4-6,8H,3,7,9H2,1-2H3,(H,18,19). The molecule has 0 aliphatic rings. The van der Waals surface area contributed by atoms with Crippen LogP contribution in [0, 0.1) is 5.41 Å². The van der Waals surface area contributed by atoms with Gasteiger partial charge in [0, 0.05) is 0 Å². The number of rotatable bonds is 5. The number of benzene rings is 1. The predicted octanol–water partition coefficient (Wildman–Crippen LogP) is 4.14. The first-order chi connectivity index (χ1) is 8.69. The summed E-state index contributed by atoms with van der Waals surface area (Å²) in [6.45, 7) is 3.42. The fraction of sp³-hybridized carbons (Fsp3) is 0.500. The van der Waals surface area contributed by atoms with E-state index in [1.54, 1.807) is 6.92 Å². The zero-order chi connectivity index (χ0) is 14.7. The van der Waals surface area contributed by atoms with Gasteiger partial charge in [-0.05, 0) is 31.4 Å². The van der Waals surface area contributed by atoms with Crippen LogP contribution in [0.3, 0.4) is 0 Å². The molecule has 1 aromatic carbocycles. The first kappa shape index (κ1) is 15.5. The summed E-state index contributed by atoms with van der Waals surface area (Å²) >= 11 is 0. The number of hydrogen-bond donors (Lipinski definition) is 1. The molecular weight excluding hydrogens is 257 g/mol. The second-order valence-corrected chi connectivity index (χ2v) is 4.99. The fourth-order valence-corrected chi connectivity index (χ4v) is 2.13. The number of carboxylic acid groups (broad SMARTS) is 1. The van der Waals surface area contributed by atoms with Crippen LogP contribution < -0.4 is 0 Å². The fourth-order valence-electron chi connectivity index (χ4n) is 2.13. The van der Waals surface area contributed by atoms with Crippen LogP contribution in [0.2, 0.25) is 0 Å². The van der Waals surface area contributed by atoms with Gasteiger partial charge in [0.25, 0.3) is 0 Å². The lowest BCUT2D eigenvalue weighted by atomic mass is 9.79. The summed E-state index contributed by atoms with van der Waals surface area (Å²) in [4.78, 5) is 11.3. The van der Waals surface area contributed by atoms with E-state index in [1.807, 2.05) is 6.92 Å². The van der Waals surface area contributed by atoms with Crippen LogP contribution in [0.4, 0.5) is 13.2 Å². The molecule has 0 radical (unpaired) electrons. The van der Waals surface area contributed by atoms with Crippen molar-refractivity contribution in [3.05, 3.63) is 35.4 Å². The number of halogens is 3. The summed E-state index contributed by atoms with van der Waals surface area (Å²) in [6.07, 6.45) is -3.21. The van der Waals surface area contributed by atoms with Crippen molar-refractivity contribution < 1.29 is 23.1 Å². The van der Waals surface area contributed by atoms with Gasteiger partial charge in [0.1, 0.15) is 0 Å². The summed E-state index contributed by atoms with van der Waals surface area (Å²) in [5.74, 6) is -0.980. The molecule has 0 saturated carbocycles. The average Bonchev–Trinajstić information content (AvgIpc) is 2.28. The minimum Gasteiger partial charge on any atom is -0.481 e. The SMILES string of the molecule is CCCC(C)(Cc1cccc(C(F)(F)F)c1)C(=O)O. The molecule has 0 heterocycles. The second-order valence-electron chi connectivity index (χ2n) is 4.99. The van der Waals surface area contributed by atoms with Gasteiger partial charge in [-0.25, -0.2) is 0 Å². The number of carbonyl (C=O) groups is 1. The number of hydrogen-bond acceptors (Lipinski definition) is 1. The second kappa shape index (κ2) is 5.63. The van der Waals surface area contributed by atoms with Crippen molar-refractivity contribution in [2.45, 2.75) is 39.3 Å². The third-order valence-corrected chi connectivity index (χ3v) is 3.17. The summed E-state index contributed by atoms with van der Waals surface area (Å²) in [6, 6.07) is 4.86. The molecule has 1 atom stereocenters. The number of carboxylic acids is 1. The first-order valence-corrected chi connectivity index (χ1v) is 6.08. The highest BCUT2D eigenvalue weighted by atomic mass is 19.4. The molecule has 0 amide bonds. The van der Waals surface area contributed by atoms with Crippen LogP contribution in [0.25, 0.3) is 0 Å². The first-order valence-electron chi connectivity index (χ1n) is 6.08. The van der Waals surface area contributed by atoms with Gasteiger partial charge >= 0.3 is 12.1 Å². The Morgan fingerprint density at radius 2 is 1.95 bits per heavy atom. The summed E-state index contributed by atoms with van der Waals surface area (Å²) in [7, 11) is 0. The third-order valence-electron chi connectivity index (χ3n) is 3.17. The molecule has 0 bridgehead atoms. The third kappa shape index (κ3) is 3.98. The highest BCUT2D eigenvalue weighted by Crippen LogP contribution is 2.33. The van der Waals surface area contributed by atoms with Crippen LogP contribution >= 0.6 is 0 Å². The monoisotopic (exact) mass is 274 g/mol. The lowest BCUT2D eigenvalue weighted by molar-refractivity contribution is -0.148. The van der Waals surface area contributed by atoms with E-state index in [9.17, 15) is 23.1 Å². The Kier molecular flexibility index (Phi) is 4.61. The summed E-state index contributed by atoms with van der Waals surface area (Å²) in [5, 5.41) is 9.23. The molecule has 2 nitrogen and oxygen atoms in total. The van der Waals surface area contributed by atoms with Crippen LogP contribution in [-0.4, -0.2) is 11.1 Å². The van der Waals surface area contributed by atoms with Gasteiger partial charge in [-0.15, -0.1) is 0 Å². The van der Waals surface area contributed by atoms with E-state index in [4.69, 9.17) is 0 Å². The molecule has 1 N–H and O–H groups in total. The highest BCUT2D eigenvalue weighted by molar-refractivity contribution is 5.74. The zero-order valence-corrected chi connectivity index (χ0v) is 10.9. The molecule has 19 heavy (non-hydrogen) atoms. The molecule has 0 aromatic heterocycles. The van der Waals surface area contributed by atoms with Crippen molar-refractivity contribution in [2.75, 3.05) is 0 Å². The Bertz CT molecular complexity index is 454. The molecular formula is C14H17F3O2. The van der Waals surface area contributed by atoms with Crippen LogP contribution in [0.15, 0.2) is 24.3 Å². The molecule has 106 valence electrons. The topological polar surface area (TPSA) is 37.3 Å². The molecule has 1 rings (SSSR count). The minimum atomic E-state index is -4.40. The van der Waals surface area contributed by atoms with Crippen LogP contribution in [0.1, 0.15) is 37.8 Å². The smallest absolute Gasteiger partial charge is 0.416 e. The predicted molar refractivity (Wildman–Crippen MR) is 65.8 cm³/mol. The van der Waals surface area contributed by atoms with Crippen molar-refractivity contribution >= 4 is 5.97 Å². The molecule has 5 heteroatoms. The molecule has 0 spiro atoms. The Hall–Kier alpha value is -1.52. The molecule has 0 aliphatic carbocycles. The van der Waals surface area contributed by atoms with Crippen LogP contribution in [-0.2, 0) is 17.4 Å². The maximum absolute atomic E-state index is 12.6. The van der Waals surface area contributed by atoms with Crippen molar-refractivity contribution in [1.29, 1.82) is 0 Å². The van der Waals surface area contributed by atoms with Gasteiger partial charge in [0.2, 0.25) is 0 Å². The van der Waals surface area contributed by atoms with Crippen molar-refractivity contribution in [1.82, 2.24) is 0 Å². The minimum absolute atomic E-state index is 0.0973. The quantitative estimate of drug-likeness (QED) is 0.876. The van der Waals surface area contributed by atoms with E-state index >= 15 is 0 Å². The maximum atomic E-state index is 12.6. The van der Waals surface area contributed by atoms with E-state index in [1.165, 1.54) is 12.1 Å². The van der Waals surface area contributed by atoms with E-state index in [0.29, 0.717) is 18.4 Å². The van der Waals surface area contributed by atoms with Crippen LogP contribution in [0.5, 0.6) is 0 Å². The normalized spacial score (nSPS) is 15.0. The highest BCUT2D eigenvalue weighted by Gasteiger charge is 2.34. The van der Waals surface area contributed by atoms with E-state index < -0.39 is 23.1 Å². The Labute approximate surface area is 110 Å². The van der Waals surface area contributed by atoms with E-state index in [-0.39, 0.29) is 6.42 Å². The molecule has 1 unspecified atom stereocenters. The zero-order valence-electron chi connectivity index (χ0n) is 10.9. The Balaban J connectivity index is 3.01. The van der Waals surface area contributed by atoms with E-state index in [2.05, 4.69) is 0 Å². The molecule has 0 saturated heterocycles. The molecule has 0 fully saturated rings. The summed E-state index contributed by atoms with van der Waals surface area (Å²) in [5.41, 5.74) is -1.37. The maximum Gasteiger partial charge on any atom is 0.416 e. The van der Waals surface area contributed by atoms with Gasteiger partial charge < -0.3 is 5.11 Å². The average molecular weight is 274 g/mol. The Morgan fingerprint density at radius 1 is 1.32 bits per heavy atom. The lowest BCUT2D eigenvalue weighted by Gasteiger charge is -2.24. The van der Waals surface area contributed by atoms with E-state index in [0.717, 1.165) is 12.1 Å². The summed E-state index contributed by atoms with van der Waals surface area (Å²) < 4.78 is 37.8. The lowest BCUT2D eigenvalue weighted by Crippen LogP contribution is -2.30. The van der Waals surface area contributed by atoms with Gasteiger partial charge in [-0.2, -0.15) is 13.2 Å². The van der Waals surface area contributed by atoms with Crippen molar-refractivity contribution in [3.63, 3.8) is 0 Å². The Morgan fingerprint density at radius 3 is 2.42 bits per heavy atom. The van der Waals surface area contributed by atoms with Crippen molar-refractivity contribution in [3.8, 4) is 0 Å². The molecule has 1 aromatic rings. The number of alkyl halides is 3. The molecule has 0 aliphatic heterocycles. The van der Waals surface area contributed by atoms with Gasteiger partial charge in [-0.3, -0.25) is 4.79 Å². The van der Waals surface area contributed by atoms with Crippen molar-refractivity contribution in [2.24, 2.45) is 5.41 Å².